The van der Waals surface area contributed by atoms with Crippen LogP contribution in [0.1, 0.15) is 36.7 Å². The molecule has 0 aliphatic heterocycles. The van der Waals surface area contributed by atoms with E-state index in [2.05, 4.69) is 28.6 Å². The van der Waals surface area contributed by atoms with E-state index in [0.717, 1.165) is 29.1 Å². The lowest BCUT2D eigenvalue weighted by molar-refractivity contribution is -0.140. The lowest BCUT2D eigenvalue weighted by atomic mass is 10.1. The van der Waals surface area contributed by atoms with Crippen LogP contribution in [-0.4, -0.2) is 20.7 Å². The Bertz CT molecular complexity index is 1100. The van der Waals surface area contributed by atoms with E-state index in [1.807, 2.05) is 56.3 Å². The van der Waals surface area contributed by atoms with Crippen molar-refractivity contribution in [1.29, 1.82) is 5.26 Å². The average Bonchev–Trinajstić information content (AvgIpc) is 3.31. The van der Waals surface area contributed by atoms with Gasteiger partial charge in [0, 0.05) is 23.5 Å². The molecule has 0 saturated carbocycles. The van der Waals surface area contributed by atoms with E-state index in [-0.39, 0.29) is 18.1 Å². The number of carbonyl (C=O) groups is 1. The Morgan fingerprint density at radius 2 is 2.00 bits per heavy atom. The summed E-state index contributed by atoms with van der Waals surface area (Å²) in [6, 6.07) is 13.2. The molecule has 0 aliphatic carbocycles. The van der Waals surface area contributed by atoms with Gasteiger partial charge in [-0.1, -0.05) is 32.0 Å². The van der Waals surface area contributed by atoms with Crippen LogP contribution in [0.5, 0.6) is 0 Å². The van der Waals surface area contributed by atoms with Gasteiger partial charge in [-0.05, 0) is 49.6 Å². The number of nitriles is 1. The number of aromatic nitrogens is 3. The van der Waals surface area contributed by atoms with E-state index in [1.165, 1.54) is 0 Å². The zero-order valence-electron chi connectivity index (χ0n) is 17.5. The van der Waals surface area contributed by atoms with Crippen molar-refractivity contribution in [3.8, 4) is 17.5 Å². The standard InChI is InChI=1S/C23H24N4O3/c1-15(2)13-27-16(3)10-19(17(27)4)11-20(12-24)23(28)29-14-21-25-26-22(30-21)18-8-6-5-7-9-18/h5-11,15H,13-14H2,1-4H3/b20-11+. The summed E-state index contributed by atoms with van der Waals surface area (Å²) in [4.78, 5) is 12.4. The van der Waals surface area contributed by atoms with Gasteiger partial charge >= 0.3 is 5.97 Å². The van der Waals surface area contributed by atoms with Crippen molar-refractivity contribution in [3.05, 3.63) is 64.8 Å². The summed E-state index contributed by atoms with van der Waals surface area (Å²) < 4.78 is 12.9. The third kappa shape index (κ3) is 4.84. The third-order valence-corrected chi connectivity index (χ3v) is 4.62. The molecule has 0 radical (unpaired) electrons. The van der Waals surface area contributed by atoms with Crippen molar-refractivity contribution in [2.45, 2.75) is 40.8 Å². The van der Waals surface area contributed by atoms with Gasteiger partial charge in [-0.25, -0.2) is 4.79 Å². The number of carbonyl (C=O) groups excluding carboxylic acids is 1. The minimum absolute atomic E-state index is 0.0809. The van der Waals surface area contributed by atoms with Crippen molar-refractivity contribution in [2.75, 3.05) is 0 Å². The van der Waals surface area contributed by atoms with Crippen LogP contribution in [0, 0.1) is 31.1 Å². The molecule has 3 aromatic rings. The van der Waals surface area contributed by atoms with Crippen molar-refractivity contribution < 1.29 is 13.9 Å². The number of aryl methyl sites for hydroxylation is 1. The minimum atomic E-state index is -0.731. The Labute approximate surface area is 175 Å². The second kappa shape index (κ2) is 9.23. The first kappa shape index (κ1) is 21.1. The zero-order valence-corrected chi connectivity index (χ0v) is 17.5. The number of rotatable bonds is 7. The predicted octanol–water partition coefficient (Wildman–Crippen LogP) is 4.46. The highest BCUT2D eigenvalue weighted by atomic mass is 16.5. The van der Waals surface area contributed by atoms with Crippen LogP contribution in [0.4, 0.5) is 0 Å². The topological polar surface area (TPSA) is 93.9 Å². The second-order valence-electron chi connectivity index (χ2n) is 7.44. The summed E-state index contributed by atoms with van der Waals surface area (Å²) >= 11 is 0. The highest BCUT2D eigenvalue weighted by Crippen LogP contribution is 2.21. The molecular weight excluding hydrogens is 380 g/mol. The largest absolute Gasteiger partial charge is 0.451 e. The van der Waals surface area contributed by atoms with Gasteiger partial charge in [0.15, 0.2) is 6.61 Å². The fourth-order valence-corrected chi connectivity index (χ4v) is 3.13. The quantitative estimate of drug-likeness (QED) is 0.328. The van der Waals surface area contributed by atoms with Gasteiger partial charge in [-0.3, -0.25) is 0 Å². The fraction of sp³-hybridized carbons (Fsp3) is 0.304. The van der Waals surface area contributed by atoms with E-state index in [1.54, 1.807) is 6.08 Å². The highest BCUT2D eigenvalue weighted by molar-refractivity contribution is 5.98. The van der Waals surface area contributed by atoms with Crippen LogP contribution >= 0.6 is 0 Å². The van der Waals surface area contributed by atoms with Crippen LogP contribution < -0.4 is 0 Å². The molecule has 0 bridgehead atoms. The summed E-state index contributed by atoms with van der Waals surface area (Å²) in [6.45, 7) is 8.95. The van der Waals surface area contributed by atoms with E-state index in [4.69, 9.17) is 9.15 Å². The molecule has 0 unspecified atom stereocenters. The smallest absolute Gasteiger partial charge is 0.349 e. The molecule has 1 aromatic carbocycles. The lowest BCUT2D eigenvalue weighted by Gasteiger charge is -2.12. The third-order valence-electron chi connectivity index (χ3n) is 4.62. The molecule has 7 heteroatoms. The van der Waals surface area contributed by atoms with E-state index >= 15 is 0 Å². The molecule has 0 saturated heterocycles. The van der Waals surface area contributed by atoms with Gasteiger partial charge in [-0.15, -0.1) is 10.2 Å². The van der Waals surface area contributed by atoms with Crippen LogP contribution in [0.3, 0.4) is 0 Å². The van der Waals surface area contributed by atoms with E-state index < -0.39 is 5.97 Å². The molecule has 0 aliphatic rings. The first-order valence-electron chi connectivity index (χ1n) is 9.72. The first-order chi connectivity index (χ1) is 14.4. The normalized spacial score (nSPS) is 11.5. The average molecular weight is 404 g/mol. The summed E-state index contributed by atoms with van der Waals surface area (Å²) in [5.41, 5.74) is 3.61. The van der Waals surface area contributed by atoms with E-state index in [9.17, 15) is 10.1 Å². The van der Waals surface area contributed by atoms with Crippen molar-refractivity contribution in [3.63, 3.8) is 0 Å². The maximum atomic E-state index is 12.4. The SMILES string of the molecule is Cc1cc(/C=C(\C#N)C(=O)OCc2nnc(-c3ccccc3)o2)c(C)n1CC(C)C. The Balaban J connectivity index is 1.70. The van der Waals surface area contributed by atoms with Crippen LogP contribution in [0.2, 0.25) is 0 Å². The van der Waals surface area contributed by atoms with Gasteiger partial charge < -0.3 is 13.7 Å². The minimum Gasteiger partial charge on any atom is -0.451 e. The summed E-state index contributed by atoms with van der Waals surface area (Å²) in [6.07, 6.45) is 1.56. The Kier molecular flexibility index (Phi) is 6.48. The van der Waals surface area contributed by atoms with Gasteiger partial charge in [0.2, 0.25) is 5.89 Å². The number of hydrogen-bond donors (Lipinski definition) is 0. The Morgan fingerprint density at radius 1 is 1.27 bits per heavy atom. The van der Waals surface area contributed by atoms with Crippen molar-refractivity contribution in [1.82, 2.24) is 14.8 Å². The molecule has 7 nitrogen and oxygen atoms in total. The summed E-state index contributed by atoms with van der Waals surface area (Å²) in [5.74, 6) is 0.262. The number of hydrogen-bond acceptors (Lipinski definition) is 6. The zero-order chi connectivity index (χ0) is 21.7. The molecule has 30 heavy (non-hydrogen) atoms. The molecule has 3 rings (SSSR count). The van der Waals surface area contributed by atoms with Crippen LogP contribution in [-0.2, 0) is 22.7 Å². The molecule has 0 fully saturated rings. The van der Waals surface area contributed by atoms with Crippen LogP contribution in [0.25, 0.3) is 17.5 Å². The fourth-order valence-electron chi connectivity index (χ4n) is 3.13. The monoisotopic (exact) mass is 404 g/mol. The molecule has 0 spiro atoms. The van der Waals surface area contributed by atoms with Gasteiger partial charge in [0.25, 0.3) is 5.89 Å². The highest BCUT2D eigenvalue weighted by Gasteiger charge is 2.16. The molecule has 154 valence electrons. The Hall–Kier alpha value is -3.66. The molecule has 0 N–H and O–H groups in total. The number of nitrogens with zero attached hydrogens (tertiary/aromatic N) is 4. The number of benzene rings is 1. The summed E-state index contributed by atoms with van der Waals surface area (Å²) in [5, 5.41) is 17.3. The van der Waals surface area contributed by atoms with Gasteiger partial charge in [0.05, 0.1) is 0 Å². The van der Waals surface area contributed by atoms with Crippen molar-refractivity contribution >= 4 is 12.0 Å². The lowest BCUT2D eigenvalue weighted by Crippen LogP contribution is -2.08. The number of esters is 1. The van der Waals surface area contributed by atoms with Crippen molar-refractivity contribution in [2.24, 2.45) is 5.92 Å². The molecule has 0 atom stereocenters. The first-order valence-corrected chi connectivity index (χ1v) is 9.72. The number of ether oxygens (including phenoxy) is 1. The van der Waals surface area contributed by atoms with Crippen LogP contribution in [0.15, 0.2) is 46.4 Å². The molecule has 0 amide bonds. The Morgan fingerprint density at radius 3 is 2.67 bits per heavy atom. The molecule has 2 heterocycles. The van der Waals surface area contributed by atoms with E-state index in [0.29, 0.717) is 11.8 Å². The predicted molar refractivity (Wildman–Crippen MR) is 112 cm³/mol. The molecular formula is C23H24N4O3. The van der Waals surface area contributed by atoms with Gasteiger partial charge in [0.1, 0.15) is 11.6 Å². The summed E-state index contributed by atoms with van der Waals surface area (Å²) in [7, 11) is 0. The second-order valence-corrected chi connectivity index (χ2v) is 7.44. The molecule has 2 aromatic heterocycles. The van der Waals surface area contributed by atoms with Gasteiger partial charge in [-0.2, -0.15) is 5.26 Å². The maximum absolute atomic E-state index is 12.4. The maximum Gasteiger partial charge on any atom is 0.349 e.